The van der Waals surface area contributed by atoms with E-state index in [0.717, 1.165) is 17.4 Å². The normalized spacial score (nSPS) is 15.6. The highest BCUT2D eigenvalue weighted by molar-refractivity contribution is 5.94. The molecule has 0 bridgehead atoms. The van der Waals surface area contributed by atoms with Crippen molar-refractivity contribution in [3.05, 3.63) is 35.5 Å². The third-order valence-corrected chi connectivity index (χ3v) is 4.36. The molecule has 1 heterocycles. The Labute approximate surface area is 124 Å². The Kier molecular flexibility index (Phi) is 3.72. The zero-order chi connectivity index (χ0) is 15.0. The maximum Gasteiger partial charge on any atom is 0.335 e. The van der Waals surface area contributed by atoms with Crippen LogP contribution in [0.25, 0.3) is 10.9 Å². The largest absolute Gasteiger partial charge is 0.478 e. The highest BCUT2D eigenvalue weighted by Crippen LogP contribution is 2.26. The Morgan fingerprint density at radius 1 is 1.38 bits per heavy atom. The number of rotatable bonds is 5. The summed E-state index contributed by atoms with van der Waals surface area (Å²) in [4.78, 5) is 11.1. The van der Waals surface area contributed by atoms with Crippen LogP contribution >= 0.6 is 0 Å². The number of aromatic carboxylic acids is 1. The van der Waals surface area contributed by atoms with Crippen molar-refractivity contribution in [3.8, 4) is 0 Å². The van der Waals surface area contributed by atoms with Crippen LogP contribution in [0.4, 0.5) is 0 Å². The van der Waals surface area contributed by atoms with Gasteiger partial charge >= 0.3 is 5.97 Å². The monoisotopic (exact) mass is 286 g/mol. The molecular weight excluding hydrogens is 264 g/mol. The Morgan fingerprint density at radius 2 is 2.14 bits per heavy atom. The lowest BCUT2D eigenvalue weighted by Gasteiger charge is -2.27. The van der Waals surface area contributed by atoms with Crippen molar-refractivity contribution in [1.82, 2.24) is 9.88 Å². The molecule has 4 nitrogen and oxygen atoms in total. The van der Waals surface area contributed by atoms with E-state index in [2.05, 4.69) is 29.8 Å². The molecule has 1 aliphatic rings. The lowest BCUT2D eigenvalue weighted by molar-refractivity contribution is 0.0697. The van der Waals surface area contributed by atoms with Gasteiger partial charge in [-0.15, -0.1) is 0 Å². The minimum atomic E-state index is -0.872. The molecule has 0 spiro atoms. The summed E-state index contributed by atoms with van der Waals surface area (Å²) in [7, 11) is 0. The fourth-order valence-corrected chi connectivity index (χ4v) is 3.03. The lowest BCUT2D eigenvalue weighted by atomic mass is 9.93. The first-order valence-corrected chi connectivity index (χ1v) is 7.67. The first kappa shape index (κ1) is 14.1. The molecule has 2 aromatic rings. The summed E-state index contributed by atoms with van der Waals surface area (Å²) >= 11 is 0. The van der Waals surface area contributed by atoms with Crippen molar-refractivity contribution in [2.45, 2.75) is 51.7 Å². The van der Waals surface area contributed by atoms with Crippen LogP contribution in [-0.4, -0.2) is 21.7 Å². The summed E-state index contributed by atoms with van der Waals surface area (Å²) in [5.74, 6) is -0.872. The number of hydrogen-bond acceptors (Lipinski definition) is 2. The average molecular weight is 286 g/mol. The van der Waals surface area contributed by atoms with Crippen molar-refractivity contribution in [2.24, 2.45) is 0 Å². The Hall–Kier alpha value is -1.81. The molecule has 3 rings (SSSR count). The second kappa shape index (κ2) is 5.53. The zero-order valence-corrected chi connectivity index (χ0v) is 12.6. The molecule has 0 saturated heterocycles. The molecule has 0 atom stereocenters. The van der Waals surface area contributed by atoms with Crippen molar-refractivity contribution >= 4 is 16.9 Å². The van der Waals surface area contributed by atoms with Gasteiger partial charge in [0.1, 0.15) is 0 Å². The van der Waals surface area contributed by atoms with E-state index in [1.165, 1.54) is 25.0 Å². The fourth-order valence-electron chi connectivity index (χ4n) is 3.03. The van der Waals surface area contributed by atoms with Gasteiger partial charge in [0, 0.05) is 35.2 Å². The number of benzene rings is 1. The number of nitrogens with one attached hydrogen (secondary N) is 1. The lowest BCUT2D eigenvalue weighted by Crippen LogP contribution is -2.35. The van der Waals surface area contributed by atoms with Crippen LogP contribution in [0.1, 0.15) is 55.2 Å². The smallest absolute Gasteiger partial charge is 0.335 e. The predicted octanol–water partition coefficient (Wildman–Crippen LogP) is 3.56. The van der Waals surface area contributed by atoms with E-state index in [4.69, 9.17) is 5.11 Å². The zero-order valence-electron chi connectivity index (χ0n) is 12.6. The summed E-state index contributed by atoms with van der Waals surface area (Å²) in [6.07, 6.45) is 3.86. The van der Waals surface area contributed by atoms with Gasteiger partial charge in [-0.3, -0.25) is 0 Å². The number of nitrogens with zero attached hydrogens (tertiary/aromatic N) is 1. The standard InChI is InChI=1S/C17H22N2O2/c1-11(2)19-15(10-18-14-4-3-5-14)9-13-8-12(17(20)21)6-7-16(13)19/h6-9,11,14,18H,3-5,10H2,1-2H3,(H,20,21). The van der Waals surface area contributed by atoms with E-state index < -0.39 is 5.97 Å². The fraction of sp³-hybridized carbons (Fsp3) is 0.471. The number of carbonyl (C=O) groups is 1. The maximum atomic E-state index is 11.1. The van der Waals surface area contributed by atoms with Gasteiger partial charge in [-0.2, -0.15) is 0 Å². The molecule has 0 amide bonds. The molecule has 112 valence electrons. The highest BCUT2D eigenvalue weighted by Gasteiger charge is 2.18. The summed E-state index contributed by atoms with van der Waals surface area (Å²) in [5, 5.41) is 13.7. The van der Waals surface area contributed by atoms with E-state index in [1.54, 1.807) is 12.1 Å². The second-order valence-electron chi connectivity index (χ2n) is 6.19. The molecule has 0 unspecified atom stereocenters. The van der Waals surface area contributed by atoms with Crippen LogP contribution < -0.4 is 5.32 Å². The van der Waals surface area contributed by atoms with E-state index in [-0.39, 0.29) is 0 Å². The molecule has 21 heavy (non-hydrogen) atoms. The third-order valence-electron chi connectivity index (χ3n) is 4.36. The van der Waals surface area contributed by atoms with Crippen molar-refractivity contribution < 1.29 is 9.90 Å². The predicted molar refractivity (Wildman–Crippen MR) is 83.8 cm³/mol. The van der Waals surface area contributed by atoms with Crippen LogP contribution in [0, 0.1) is 0 Å². The van der Waals surface area contributed by atoms with Crippen LogP contribution in [0.15, 0.2) is 24.3 Å². The quantitative estimate of drug-likeness (QED) is 0.883. The molecule has 0 aliphatic heterocycles. The van der Waals surface area contributed by atoms with Crippen LogP contribution in [0.2, 0.25) is 0 Å². The van der Waals surface area contributed by atoms with E-state index in [1.807, 2.05) is 6.07 Å². The Balaban J connectivity index is 1.96. The average Bonchev–Trinajstić information content (AvgIpc) is 2.73. The number of carboxylic acid groups (broad SMARTS) is 1. The summed E-state index contributed by atoms with van der Waals surface area (Å²) in [5.41, 5.74) is 2.69. The van der Waals surface area contributed by atoms with Gasteiger partial charge in [-0.25, -0.2) is 4.79 Å². The van der Waals surface area contributed by atoms with E-state index in [9.17, 15) is 4.79 Å². The van der Waals surface area contributed by atoms with Crippen LogP contribution in [-0.2, 0) is 6.54 Å². The maximum absolute atomic E-state index is 11.1. The summed E-state index contributed by atoms with van der Waals surface area (Å²) < 4.78 is 2.30. The topological polar surface area (TPSA) is 54.3 Å². The Morgan fingerprint density at radius 3 is 2.71 bits per heavy atom. The van der Waals surface area contributed by atoms with Gasteiger partial charge in [-0.05, 0) is 51.0 Å². The molecular formula is C17H22N2O2. The van der Waals surface area contributed by atoms with Crippen LogP contribution in [0.3, 0.4) is 0 Å². The van der Waals surface area contributed by atoms with Gasteiger partial charge in [0.2, 0.25) is 0 Å². The number of aromatic nitrogens is 1. The van der Waals surface area contributed by atoms with Crippen molar-refractivity contribution in [2.75, 3.05) is 0 Å². The van der Waals surface area contributed by atoms with Crippen molar-refractivity contribution in [1.29, 1.82) is 0 Å². The molecule has 1 aromatic carbocycles. The molecule has 2 N–H and O–H groups in total. The first-order chi connectivity index (χ1) is 10.1. The van der Waals surface area contributed by atoms with Crippen molar-refractivity contribution in [3.63, 3.8) is 0 Å². The van der Waals surface area contributed by atoms with E-state index >= 15 is 0 Å². The molecule has 4 heteroatoms. The van der Waals surface area contributed by atoms with Gasteiger partial charge < -0.3 is 15.0 Å². The van der Waals surface area contributed by atoms with E-state index in [0.29, 0.717) is 17.6 Å². The molecule has 1 saturated carbocycles. The molecule has 1 aliphatic carbocycles. The van der Waals surface area contributed by atoms with Gasteiger partial charge in [-0.1, -0.05) is 6.42 Å². The highest BCUT2D eigenvalue weighted by atomic mass is 16.4. The Bertz CT molecular complexity index is 669. The minimum Gasteiger partial charge on any atom is -0.478 e. The molecule has 1 fully saturated rings. The third kappa shape index (κ3) is 2.68. The number of hydrogen-bond donors (Lipinski definition) is 2. The minimum absolute atomic E-state index is 0.349. The van der Waals surface area contributed by atoms with Crippen LogP contribution in [0.5, 0.6) is 0 Å². The summed E-state index contributed by atoms with van der Waals surface area (Å²) in [6, 6.07) is 8.50. The first-order valence-electron chi connectivity index (χ1n) is 7.67. The number of fused-ring (bicyclic) bond motifs is 1. The van der Waals surface area contributed by atoms with Gasteiger partial charge in [0.15, 0.2) is 0 Å². The number of carboxylic acids is 1. The molecule has 1 aromatic heterocycles. The SMILES string of the molecule is CC(C)n1c(CNC2CCC2)cc2cc(C(=O)O)ccc21. The van der Waals surface area contributed by atoms with Gasteiger partial charge in [0.05, 0.1) is 5.56 Å². The summed E-state index contributed by atoms with van der Waals surface area (Å²) in [6.45, 7) is 5.18. The molecule has 0 radical (unpaired) electrons. The second-order valence-corrected chi connectivity index (χ2v) is 6.19. The van der Waals surface area contributed by atoms with Gasteiger partial charge in [0.25, 0.3) is 0 Å².